The molecule has 0 bridgehead atoms. The van der Waals surface area contributed by atoms with Crippen LogP contribution in [0.5, 0.6) is 0 Å². The van der Waals surface area contributed by atoms with Gasteiger partial charge in [-0.05, 0) is 155 Å². The number of aliphatic hydroxyl groups excluding tert-OH is 5. The van der Waals surface area contributed by atoms with E-state index in [0.717, 1.165) is 18.2 Å². The van der Waals surface area contributed by atoms with Crippen LogP contribution in [0.25, 0.3) is 44.4 Å². The maximum atomic E-state index is 14.2. The molecule has 4 aliphatic rings. The van der Waals surface area contributed by atoms with Gasteiger partial charge in [0.2, 0.25) is 21.1 Å². The first-order valence-electron chi connectivity index (χ1n) is 39.4. The number of nitrogens with one attached hydrogen (secondary N) is 3. The molecule has 12 heterocycles. The highest BCUT2D eigenvalue weighted by Crippen LogP contribution is 2.72. The zero-order valence-corrected chi connectivity index (χ0v) is 83.2. The van der Waals surface area contributed by atoms with Crippen molar-refractivity contribution in [2.24, 2.45) is 17.6 Å². The summed E-state index contributed by atoms with van der Waals surface area (Å²) in [5.74, 6) is -9.44. The normalized spacial score (nSPS) is 24.0. The molecule has 4 fully saturated rings. The van der Waals surface area contributed by atoms with Crippen LogP contribution in [0.3, 0.4) is 0 Å². The van der Waals surface area contributed by atoms with Crippen molar-refractivity contribution in [3.63, 3.8) is 0 Å². The zero-order chi connectivity index (χ0) is 97.7. The van der Waals surface area contributed by atoms with Gasteiger partial charge in [-0.15, -0.1) is 0 Å². The standard InChI is InChI=1S/C19H23ClFN5O9P2.C19H20ClFN4O4.C14H16Cl2N4O3.C9H15BrO3.C8H10FN.C6H3Cl2N3.CH2Cl4O2P2/c1-9(10-4-2-3-5-11(10)21)23-16-13-17(25-19(20)24-16)26(7-22-13)18-15(28)14(27)12(35-18)6-34-37(32,33)8-36(29,30)31;1-9(10-4-2-3-5-12(10)21)22-16-11-6-7-25(17(11)24-19(20)23-16)18-15(28)14(27)13(8-26)29-18;1-4-8-6(2)10(22-7(3)21)13(23-8)20-5-17-9-11(15)18-14(16)19-12(9)20;1-4-7-5(2)8(9(10)13-7)12-6(3)11;1-6(10)7-4-2-3-5-8(7)9;7-4-3-1-2-9-5(3)11-6(8)10-4;2-8(3,6)1-9(4,5)7/h2-5,7,9,12,14-15,18,27-28H,6,8H2,1H3,(H,32,33)(H,23,24,25)(H2,29,30,31);2-7,9,13-15,18,26-28H,8H2,1H3,(H,22,23,24);5-6,8,10,13H,4H2,1-3H3;5,7-9H,4H2,1-3H3;2-6H,10H2,1H3;1-2H,(H,9,10,11);1H2/t9-,12+,14+,15+,18+;9-,13+,14+,15+,18+;6-,8-,10-,13-;5-,7-,8-,9?;6-;;/m00110../s1. The zero-order valence-electron chi connectivity index (χ0n) is 70.5. The number of carbonyl (C=O) groups excluding carboxylic acids is 2. The second-order valence-corrected chi connectivity index (χ2v) is 47.7. The fourth-order valence-electron chi connectivity index (χ4n) is 13.9. The van der Waals surface area contributed by atoms with Crippen molar-refractivity contribution in [2.75, 3.05) is 35.7 Å². The molecular weight excluding hydrogens is 2100 g/mol. The number of aliphatic hydroxyl groups is 5. The van der Waals surface area contributed by atoms with Gasteiger partial charge < -0.3 is 99.1 Å². The molecule has 0 radical (unpaired) electrons. The van der Waals surface area contributed by atoms with Gasteiger partial charge in [-0.2, -0.15) is 24.9 Å². The summed E-state index contributed by atoms with van der Waals surface area (Å²) < 4.78 is 127. The number of hydrogen-bond donors (Lipinski definition) is 12. The molecular formula is C76H89BrCl10F3N17O21P4. The van der Waals surface area contributed by atoms with E-state index in [-0.39, 0.29) is 108 Å². The Balaban J connectivity index is 0.000000184. The third kappa shape index (κ3) is 29.6. The molecule has 20 atom stereocenters. The number of halogens is 14. The third-order valence-corrected chi connectivity index (χ3v) is 32.0. The summed E-state index contributed by atoms with van der Waals surface area (Å²) in [5, 5.41) is 58.5. The maximum Gasteiger partial charge on any atom is 0.340 e. The van der Waals surface area contributed by atoms with Crippen LogP contribution in [-0.2, 0) is 60.8 Å². The van der Waals surface area contributed by atoms with E-state index >= 15 is 0 Å². The number of alkyl halides is 1. The van der Waals surface area contributed by atoms with Crippen molar-refractivity contribution in [3.8, 4) is 0 Å². The number of nitrogens with two attached hydrogens (primary N) is 1. The largest absolute Gasteiger partial charge is 0.458 e. The lowest BCUT2D eigenvalue weighted by Gasteiger charge is -2.21. The number of nitrogens with zero attached hydrogens (tertiary/aromatic N) is 13. The van der Waals surface area contributed by atoms with E-state index in [1.54, 1.807) is 111 Å². The Bertz CT molecular complexity index is 5990. The predicted octanol–water partition coefficient (Wildman–Crippen LogP) is 17.2. The molecule has 38 nitrogen and oxygen atoms in total. The molecule has 722 valence electrons. The fourth-order valence-corrected chi connectivity index (χ4v) is 27.4. The summed E-state index contributed by atoms with van der Waals surface area (Å²) in [6.45, 7) is 15.0. The number of benzene rings is 3. The second kappa shape index (κ2) is 48.1. The van der Waals surface area contributed by atoms with Crippen molar-refractivity contribution in [3.05, 3.63) is 176 Å². The SMILES string of the molecule is CC[C@H]1OC(Br)[C@H](OC(C)=O)[C@@H]1C.CC[C@H]1O[C@@H](n2cnc3c(Cl)nc(Cl)nc32)[C@H](OC(C)=O)[C@@H]1C.C[C@H](N)c1ccccc1F.C[C@H](Nc1nc(Cl)nc2c1ccn2[C@@H]1O[C@H](CO)[C@@H](O)[C@H]1O)c1ccccc1F.C[C@H](Nc1nc(Cl)nc2c1ncn2[C@@H]1O[C@H](COP(=O)(O)CP(=O)(O)O)[C@@H](O)[C@H]1O)c1ccccc1F.Clc1nc(Cl)c2cc[nH]c2n1.O=P(Cl)(Cl)CP(=O)(Cl)Cl. The van der Waals surface area contributed by atoms with Crippen LogP contribution in [0.2, 0.25) is 31.4 Å². The van der Waals surface area contributed by atoms with Gasteiger partial charge >= 0.3 is 27.1 Å². The average Bonchev–Trinajstić information content (AvgIpc) is 1.62. The molecule has 3 aromatic carbocycles. The maximum absolute atomic E-state index is 14.2. The Kier molecular flexibility index (Phi) is 40.0. The first-order valence-corrected chi connectivity index (χ1v) is 53.6. The van der Waals surface area contributed by atoms with Crippen LogP contribution in [0.15, 0.2) is 110 Å². The third-order valence-electron chi connectivity index (χ3n) is 20.1. The minimum atomic E-state index is -4.85. The van der Waals surface area contributed by atoms with Crippen molar-refractivity contribution < 1.29 is 114 Å². The molecule has 15 rings (SSSR count). The molecule has 56 heteroatoms. The van der Waals surface area contributed by atoms with Gasteiger partial charge in [0.25, 0.3) is 11.7 Å². The van der Waals surface area contributed by atoms with Crippen LogP contribution in [0, 0.1) is 29.3 Å². The number of hydrogen-bond acceptors (Lipinski definition) is 31. The van der Waals surface area contributed by atoms with Gasteiger partial charge in [0.1, 0.15) is 98.9 Å². The van der Waals surface area contributed by atoms with Crippen LogP contribution < -0.4 is 16.4 Å². The van der Waals surface area contributed by atoms with Crippen LogP contribution >= 0.6 is 157 Å². The summed E-state index contributed by atoms with van der Waals surface area (Å²) in [6.07, 6.45) is -3.26. The number of anilines is 2. The van der Waals surface area contributed by atoms with Gasteiger partial charge in [0, 0.05) is 60.8 Å². The Morgan fingerprint density at radius 2 is 0.985 bits per heavy atom. The predicted molar refractivity (Wildman–Crippen MR) is 495 cm³/mol. The van der Waals surface area contributed by atoms with Gasteiger partial charge in [0.15, 0.2) is 58.5 Å². The number of fused-ring (bicyclic) bond motifs is 4. The number of imidazole rings is 2. The van der Waals surface area contributed by atoms with E-state index < -0.39 is 131 Å². The number of esters is 2. The molecule has 0 aliphatic carbocycles. The quantitative estimate of drug-likeness (QED) is 0.00985. The van der Waals surface area contributed by atoms with Gasteiger partial charge in [0.05, 0.1) is 60.9 Å². The van der Waals surface area contributed by atoms with Crippen molar-refractivity contribution in [1.29, 1.82) is 0 Å². The number of ether oxygens (including phenoxy) is 6. The minimum Gasteiger partial charge on any atom is -0.458 e. The van der Waals surface area contributed by atoms with E-state index in [0.29, 0.717) is 55.5 Å². The highest BCUT2D eigenvalue weighted by atomic mass is 79.9. The summed E-state index contributed by atoms with van der Waals surface area (Å²) in [5.41, 5.74) is 9.07. The number of rotatable bonds is 22. The van der Waals surface area contributed by atoms with E-state index in [1.807, 2.05) is 20.8 Å². The topological polar surface area (TPSA) is 538 Å². The fraction of sp³-hybridized carbons (Fsp3) is 0.447. The summed E-state index contributed by atoms with van der Waals surface area (Å²) in [6, 6.07) is 21.5. The number of H-pyrrole nitrogens is 1. The minimum absolute atomic E-state index is 0.0198. The molecule has 4 aliphatic heterocycles. The Hall–Kier alpha value is -5.93. The van der Waals surface area contributed by atoms with Gasteiger partial charge in [-0.1, -0.05) is 121 Å². The summed E-state index contributed by atoms with van der Waals surface area (Å²) >= 11 is 58.8. The molecule has 0 saturated carbocycles. The number of carbonyl (C=O) groups is 2. The van der Waals surface area contributed by atoms with E-state index in [1.165, 1.54) is 47.5 Å². The molecule has 8 aromatic heterocycles. The smallest absolute Gasteiger partial charge is 0.340 e. The van der Waals surface area contributed by atoms with E-state index in [4.69, 9.17) is 163 Å². The lowest BCUT2D eigenvalue weighted by molar-refractivity contribution is -0.153. The molecule has 0 amide bonds. The second-order valence-electron chi connectivity index (χ2n) is 29.8. The Morgan fingerprint density at radius 3 is 1.48 bits per heavy atom. The van der Waals surface area contributed by atoms with E-state index in [9.17, 15) is 71.4 Å². The molecule has 4 saturated heterocycles. The van der Waals surface area contributed by atoms with Crippen molar-refractivity contribution >= 4 is 225 Å². The van der Waals surface area contributed by atoms with Crippen LogP contribution in [0.4, 0.5) is 24.8 Å². The van der Waals surface area contributed by atoms with Gasteiger partial charge in [-0.3, -0.25) is 37.0 Å². The average molecular weight is 2190 g/mol. The van der Waals surface area contributed by atoms with Gasteiger partial charge in [-0.25, -0.2) is 38.1 Å². The molecule has 13 N–H and O–H groups in total. The van der Waals surface area contributed by atoms with E-state index in [2.05, 4.69) is 88.3 Å². The lowest BCUT2D eigenvalue weighted by atomic mass is 9.98. The highest BCUT2D eigenvalue weighted by Gasteiger charge is 2.49. The molecule has 132 heavy (non-hydrogen) atoms. The highest BCUT2D eigenvalue weighted by molar-refractivity contribution is 9.09. The number of aromatic amines is 1. The van der Waals surface area contributed by atoms with Crippen LogP contribution in [-0.4, -0.2) is 212 Å². The van der Waals surface area contributed by atoms with Crippen LogP contribution in [0.1, 0.15) is 129 Å². The first-order chi connectivity index (χ1) is 61.8. The molecule has 0 spiro atoms. The molecule has 2 unspecified atom stereocenters. The monoisotopic (exact) mass is 2190 g/mol. The summed E-state index contributed by atoms with van der Waals surface area (Å²) in [7, 11) is -9.57. The number of aromatic nitrogens is 14. The first kappa shape index (κ1) is 110. The lowest BCUT2D eigenvalue weighted by Crippen LogP contribution is -2.33. The van der Waals surface area contributed by atoms with Crippen molar-refractivity contribution in [1.82, 2.24) is 68.5 Å². The Morgan fingerprint density at radius 1 is 0.545 bits per heavy atom. The Labute approximate surface area is 808 Å². The summed E-state index contributed by atoms with van der Waals surface area (Å²) in [4.78, 5) is 93.4. The molecule has 11 aromatic rings. The van der Waals surface area contributed by atoms with Crippen molar-refractivity contribution in [2.45, 2.75) is 178 Å².